The summed E-state index contributed by atoms with van der Waals surface area (Å²) in [7, 11) is 0. The van der Waals surface area contributed by atoms with E-state index in [4.69, 9.17) is 9.47 Å². The summed E-state index contributed by atoms with van der Waals surface area (Å²) in [4.78, 5) is 16.5. The Bertz CT molecular complexity index is 471. The van der Waals surface area contributed by atoms with Gasteiger partial charge >= 0.3 is 0 Å². The second-order valence-corrected chi connectivity index (χ2v) is 6.53. The van der Waals surface area contributed by atoms with Crippen LogP contribution in [-0.2, 0) is 9.47 Å². The molecule has 0 aliphatic carbocycles. The molecule has 0 aromatic carbocycles. The molecule has 2 atom stereocenters. The average molecular weight is 296 g/mol. The maximum atomic E-state index is 12.2. The molecular weight excluding hydrogens is 276 g/mol. The zero-order chi connectivity index (χ0) is 13.9. The maximum Gasteiger partial charge on any atom is 0.261 e. The number of nitrogens with one attached hydrogen (secondary N) is 1. The van der Waals surface area contributed by atoms with Gasteiger partial charge in [-0.3, -0.25) is 9.69 Å². The zero-order valence-corrected chi connectivity index (χ0v) is 12.4. The van der Waals surface area contributed by atoms with Crippen molar-refractivity contribution in [3.8, 4) is 0 Å². The highest BCUT2D eigenvalue weighted by molar-refractivity contribution is 7.13. The molecule has 2 fully saturated rings. The lowest BCUT2D eigenvalue weighted by atomic mass is 10.1. The predicted molar refractivity (Wildman–Crippen MR) is 77.3 cm³/mol. The molecule has 1 N–H and O–H groups in total. The van der Waals surface area contributed by atoms with Gasteiger partial charge in [0.05, 0.1) is 43.4 Å². The van der Waals surface area contributed by atoms with Crippen LogP contribution in [0.2, 0.25) is 0 Å². The Balaban J connectivity index is 1.62. The van der Waals surface area contributed by atoms with Crippen LogP contribution in [0.1, 0.15) is 14.5 Å². The highest BCUT2D eigenvalue weighted by Gasteiger charge is 2.35. The Kier molecular flexibility index (Phi) is 4.35. The van der Waals surface area contributed by atoms with Gasteiger partial charge in [-0.25, -0.2) is 0 Å². The summed E-state index contributed by atoms with van der Waals surface area (Å²) in [5.74, 6) is 0.0110. The number of hydrogen-bond acceptors (Lipinski definition) is 5. The van der Waals surface area contributed by atoms with Crippen molar-refractivity contribution < 1.29 is 14.3 Å². The van der Waals surface area contributed by atoms with Gasteiger partial charge in [0, 0.05) is 18.0 Å². The number of morpholine rings is 1. The van der Waals surface area contributed by atoms with Crippen molar-refractivity contribution in [1.82, 2.24) is 10.2 Å². The molecule has 2 aliphatic rings. The first-order chi connectivity index (χ1) is 9.74. The summed E-state index contributed by atoms with van der Waals surface area (Å²) in [6, 6.07) is 4.20. The third-order valence-corrected chi connectivity index (χ3v) is 4.85. The Morgan fingerprint density at radius 1 is 1.30 bits per heavy atom. The quantitative estimate of drug-likeness (QED) is 0.900. The number of rotatable bonds is 3. The monoisotopic (exact) mass is 296 g/mol. The molecule has 0 saturated carbocycles. The van der Waals surface area contributed by atoms with Gasteiger partial charge < -0.3 is 14.8 Å². The number of thiophene rings is 1. The van der Waals surface area contributed by atoms with E-state index in [0.717, 1.165) is 36.1 Å². The minimum absolute atomic E-state index is 0.0110. The fourth-order valence-corrected chi connectivity index (χ4v) is 3.52. The van der Waals surface area contributed by atoms with Crippen molar-refractivity contribution in [3.05, 3.63) is 21.9 Å². The first kappa shape index (κ1) is 14.0. The molecule has 0 unspecified atom stereocenters. The summed E-state index contributed by atoms with van der Waals surface area (Å²) in [5, 5.41) is 3.12. The van der Waals surface area contributed by atoms with E-state index in [1.165, 1.54) is 11.3 Å². The molecule has 1 aromatic heterocycles. The van der Waals surface area contributed by atoms with Crippen LogP contribution in [-0.4, -0.2) is 62.4 Å². The normalized spacial score (nSPS) is 27.6. The van der Waals surface area contributed by atoms with Gasteiger partial charge in [0.2, 0.25) is 0 Å². The van der Waals surface area contributed by atoms with Crippen molar-refractivity contribution in [2.24, 2.45) is 0 Å². The molecule has 3 rings (SSSR count). The molecule has 5 nitrogen and oxygen atoms in total. The molecule has 2 aliphatic heterocycles. The fourth-order valence-electron chi connectivity index (χ4n) is 2.75. The lowest BCUT2D eigenvalue weighted by Gasteiger charge is -2.34. The van der Waals surface area contributed by atoms with Crippen molar-refractivity contribution in [3.63, 3.8) is 0 Å². The van der Waals surface area contributed by atoms with Crippen LogP contribution in [0.4, 0.5) is 0 Å². The standard InChI is InChI=1S/C14H20N2O3S/c1-10-2-3-13(20-10)14(17)15-11-8-19-9-12(11)16-4-6-18-7-5-16/h2-3,11-12H,4-9H2,1H3,(H,15,17)/t11-,12-/m1/s1. The van der Waals surface area contributed by atoms with Gasteiger partial charge in [-0.05, 0) is 19.1 Å². The topological polar surface area (TPSA) is 50.8 Å². The van der Waals surface area contributed by atoms with Gasteiger partial charge in [0.25, 0.3) is 5.91 Å². The average Bonchev–Trinajstić information content (AvgIpc) is 3.09. The maximum absolute atomic E-state index is 12.2. The van der Waals surface area contributed by atoms with E-state index in [2.05, 4.69) is 10.2 Å². The fraction of sp³-hybridized carbons (Fsp3) is 0.643. The Labute approximate surface area is 122 Å². The van der Waals surface area contributed by atoms with E-state index in [0.29, 0.717) is 13.2 Å². The first-order valence-electron chi connectivity index (χ1n) is 7.01. The molecule has 0 spiro atoms. The lowest BCUT2D eigenvalue weighted by molar-refractivity contribution is 0.0108. The highest BCUT2D eigenvalue weighted by Crippen LogP contribution is 2.18. The van der Waals surface area contributed by atoms with Crippen LogP contribution in [0.3, 0.4) is 0 Å². The third-order valence-electron chi connectivity index (χ3n) is 3.85. The largest absolute Gasteiger partial charge is 0.379 e. The van der Waals surface area contributed by atoms with E-state index in [1.807, 2.05) is 19.1 Å². The summed E-state index contributed by atoms with van der Waals surface area (Å²) < 4.78 is 11.0. The molecule has 0 radical (unpaired) electrons. The van der Waals surface area contributed by atoms with Gasteiger partial charge in [-0.15, -0.1) is 11.3 Å². The second kappa shape index (κ2) is 6.22. The van der Waals surface area contributed by atoms with Crippen LogP contribution in [0.5, 0.6) is 0 Å². The number of amides is 1. The van der Waals surface area contributed by atoms with Crippen molar-refractivity contribution in [1.29, 1.82) is 0 Å². The molecule has 20 heavy (non-hydrogen) atoms. The SMILES string of the molecule is Cc1ccc(C(=O)N[C@@H]2COC[C@H]2N2CCOCC2)s1. The van der Waals surface area contributed by atoms with Gasteiger partial charge in [0.1, 0.15) is 0 Å². The smallest absolute Gasteiger partial charge is 0.261 e. The van der Waals surface area contributed by atoms with Crippen LogP contribution in [0, 0.1) is 6.92 Å². The van der Waals surface area contributed by atoms with Crippen LogP contribution >= 0.6 is 11.3 Å². The van der Waals surface area contributed by atoms with E-state index < -0.39 is 0 Å². The van der Waals surface area contributed by atoms with Gasteiger partial charge in [-0.2, -0.15) is 0 Å². The van der Waals surface area contributed by atoms with Crippen LogP contribution < -0.4 is 5.32 Å². The molecule has 1 amide bonds. The molecule has 6 heteroatoms. The van der Waals surface area contributed by atoms with Crippen LogP contribution in [0.25, 0.3) is 0 Å². The van der Waals surface area contributed by atoms with E-state index in [9.17, 15) is 4.79 Å². The minimum atomic E-state index is 0.0110. The number of carbonyl (C=O) groups excluding carboxylic acids is 1. The molecular formula is C14H20N2O3S. The summed E-state index contributed by atoms with van der Waals surface area (Å²) in [5.41, 5.74) is 0. The minimum Gasteiger partial charge on any atom is -0.379 e. The molecule has 0 bridgehead atoms. The van der Waals surface area contributed by atoms with Gasteiger partial charge in [-0.1, -0.05) is 0 Å². The molecule has 1 aromatic rings. The van der Waals surface area contributed by atoms with Crippen molar-refractivity contribution in [2.45, 2.75) is 19.0 Å². The molecule has 3 heterocycles. The number of carbonyl (C=O) groups is 1. The van der Waals surface area contributed by atoms with Crippen molar-refractivity contribution >= 4 is 17.2 Å². The van der Waals surface area contributed by atoms with E-state index >= 15 is 0 Å². The Hall–Kier alpha value is -0.950. The van der Waals surface area contributed by atoms with Gasteiger partial charge in [0.15, 0.2) is 0 Å². The summed E-state index contributed by atoms with van der Waals surface area (Å²) in [6.45, 7) is 6.66. The Morgan fingerprint density at radius 3 is 2.80 bits per heavy atom. The number of ether oxygens (including phenoxy) is 2. The Morgan fingerprint density at radius 2 is 2.10 bits per heavy atom. The molecule has 2 saturated heterocycles. The zero-order valence-electron chi connectivity index (χ0n) is 11.6. The number of aryl methyl sites for hydroxylation is 1. The van der Waals surface area contributed by atoms with E-state index in [1.54, 1.807) is 0 Å². The lowest BCUT2D eigenvalue weighted by Crippen LogP contribution is -2.54. The first-order valence-corrected chi connectivity index (χ1v) is 7.82. The summed E-state index contributed by atoms with van der Waals surface area (Å²) in [6.07, 6.45) is 0. The van der Waals surface area contributed by atoms with E-state index in [-0.39, 0.29) is 18.0 Å². The summed E-state index contributed by atoms with van der Waals surface area (Å²) >= 11 is 1.53. The second-order valence-electron chi connectivity index (χ2n) is 5.24. The number of hydrogen-bond donors (Lipinski definition) is 1. The highest BCUT2D eigenvalue weighted by atomic mass is 32.1. The van der Waals surface area contributed by atoms with Crippen LogP contribution in [0.15, 0.2) is 12.1 Å². The van der Waals surface area contributed by atoms with Crippen molar-refractivity contribution in [2.75, 3.05) is 39.5 Å². The molecule has 110 valence electrons. The third kappa shape index (κ3) is 3.03. The predicted octanol–water partition coefficient (Wildman–Crippen LogP) is 0.886. The number of nitrogens with zero attached hydrogens (tertiary/aromatic N) is 1.